The molecule has 0 spiro atoms. The van der Waals surface area contributed by atoms with Crippen molar-refractivity contribution in [1.29, 1.82) is 0 Å². The van der Waals surface area contributed by atoms with E-state index < -0.39 is 10.8 Å². The van der Waals surface area contributed by atoms with Crippen LogP contribution in [0.1, 0.15) is 6.42 Å². The predicted molar refractivity (Wildman–Crippen MR) is 57.8 cm³/mol. The Bertz CT molecular complexity index is 293. The minimum absolute atomic E-state index is 0. The first-order valence-corrected chi connectivity index (χ1v) is 6.10. The van der Waals surface area contributed by atoms with Crippen molar-refractivity contribution in [2.75, 3.05) is 26.4 Å². The number of rotatable bonds is 5. The average molecular weight is 249 g/mol. The Hall–Kier alpha value is -0.450. The maximum Gasteiger partial charge on any atom is 0.127 e. The first kappa shape index (κ1) is 14.6. The second-order valence-electron chi connectivity index (χ2n) is 3.53. The summed E-state index contributed by atoms with van der Waals surface area (Å²) < 4.78 is 11.7. The quantitative estimate of drug-likeness (QED) is 0.594. The molecule has 1 N–H and O–H groups in total. The molecule has 1 heterocycles. The van der Waals surface area contributed by atoms with Crippen molar-refractivity contribution in [3.05, 3.63) is 24.4 Å². The van der Waals surface area contributed by atoms with E-state index >= 15 is 0 Å². The van der Waals surface area contributed by atoms with Gasteiger partial charge in [0.1, 0.15) is 5.03 Å². The van der Waals surface area contributed by atoms with Crippen LogP contribution in [0.25, 0.3) is 0 Å². The Morgan fingerprint density at radius 2 is 2.13 bits per heavy atom. The molecule has 5 heteroatoms. The maximum absolute atomic E-state index is 11.7. The largest absolute Gasteiger partial charge is 1.00 e. The molecule has 1 unspecified atom stereocenters. The lowest BCUT2D eigenvalue weighted by atomic mass is 10.5. The van der Waals surface area contributed by atoms with E-state index in [4.69, 9.17) is 0 Å². The molecule has 1 aromatic heterocycles. The van der Waals surface area contributed by atoms with Crippen LogP contribution in [0.5, 0.6) is 0 Å². The number of nitrogens with one attached hydrogen (secondary N) is 1. The monoisotopic (exact) mass is 248 g/mol. The first-order valence-electron chi connectivity index (χ1n) is 4.78. The van der Waals surface area contributed by atoms with Gasteiger partial charge in [0.05, 0.1) is 31.4 Å². The highest BCUT2D eigenvalue weighted by Crippen LogP contribution is 2.01. The summed E-state index contributed by atoms with van der Waals surface area (Å²) in [6.45, 7) is 1.05. The van der Waals surface area contributed by atoms with E-state index in [1.807, 2.05) is 18.2 Å². The summed E-state index contributed by atoms with van der Waals surface area (Å²) in [6.07, 6.45) is 2.66. The molecule has 1 aromatic rings. The second kappa shape index (κ2) is 7.79. The van der Waals surface area contributed by atoms with Crippen molar-refractivity contribution in [2.45, 2.75) is 11.4 Å². The molecule has 3 nitrogen and oxygen atoms in total. The van der Waals surface area contributed by atoms with Crippen LogP contribution in [0, 0.1) is 0 Å². The number of nitrogens with zero attached hydrogens (tertiary/aromatic N) is 1. The summed E-state index contributed by atoms with van der Waals surface area (Å²) in [5.74, 6) is 0.711. The molecule has 0 amide bonds. The Kier molecular flexibility index (Phi) is 7.56. The van der Waals surface area contributed by atoms with Crippen LogP contribution in [-0.4, -0.2) is 35.6 Å². The van der Waals surface area contributed by atoms with Crippen LogP contribution in [0.3, 0.4) is 0 Å². The summed E-state index contributed by atoms with van der Waals surface area (Å²) in [5, 5.41) is 0.696. The van der Waals surface area contributed by atoms with Crippen molar-refractivity contribution in [3.63, 3.8) is 0 Å². The fourth-order valence-corrected chi connectivity index (χ4v) is 2.17. The van der Waals surface area contributed by atoms with Gasteiger partial charge in [0, 0.05) is 18.4 Å². The summed E-state index contributed by atoms with van der Waals surface area (Å²) in [4.78, 5) is 5.46. The van der Waals surface area contributed by atoms with Gasteiger partial charge in [0.15, 0.2) is 0 Å². The van der Waals surface area contributed by atoms with Crippen LogP contribution in [-0.2, 0) is 10.8 Å². The molecule has 0 aliphatic rings. The van der Waals surface area contributed by atoms with E-state index in [2.05, 4.69) is 19.1 Å². The normalized spacial score (nSPS) is 12.2. The van der Waals surface area contributed by atoms with E-state index in [-0.39, 0.29) is 12.4 Å². The molecule has 0 aromatic carbocycles. The third kappa shape index (κ3) is 5.87. The van der Waals surface area contributed by atoms with Crippen LogP contribution < -0.4 is 17.3 Å². The van der Waals surface area contributed by atoms with Crippen molar-refractivity contribution in [2.24, 2.45) is 0 Å². The lowest BCUT2D eigenvalue weighted by molar-refractivity contribution is -0.858. The Labute approximate surface area is 99.8 Å². The highest BCUT2D eigenvalue weighted by molar-refractivity contribution is 7.84. The van der Waals surface area contributed by atoms with E-state index in [9.17, 15) is 4.21 Å². The van der Waals surface area contributed by atoms with Gasteiger partial charge in [-0.3, -0.25) is 4.21 Å². The van der Waals surface area contributed by atoms with Crippen LogP contribution in [0.2, 0.25) is 0 Å². The number of quaternary nitrogens is 1. The van der Waals surface area contributed by atoms with Gasteiger partial charge in [-0.2, -0.15) is 0 Å². The molecule has 0 aliphatic heterocycles. The van der Waals surface area contributed by atoms with Gasteiger partial charge < -0.3 is 17.3 Å². The summed E-state index contributed by atoms with van der Waals surface area (Å²) in [6, 6.07) is 5.53. The van der Waals surface area contributed by atoms with E-state index in [0.29, 0.717) is 10.8 Å². The average Bonchev–Trinajstić information content (AvgIpc) is 2.18. The minimum Gasteiger partial charge on any atom is -1.00 e. The molecule has 0 fully saturated rings. The second-order valence-corrected chi connectivity index (χ2v) is 5.05. The Balaban J connectivity index is 0.00000196. The number of aromatic nitrogens is 1. The zero-order chi connectivity index (χ0) is 10.4. The molecule has 0 radical (unpaired) electrons. The molecule has 0 bridgehead atoms. The van der Waals surface area contributed by atoms with Gasteiger partial charge in [-0.1, -0.05) is 6.07 Å². The third-order valence-electron chi connectivity index (χ3n) is 1.88. The summed E-state index contributed by atoms with van der Waals surface area (Å²) >= 11 is 0. The maximum atomic E-state index is 11.7. The van der Waals surface area contributed by atoms with Crippen LogP contribution in [0.15, 0.2) is 29.4 Å². The van der Waals surface area contributed by atoms with Gasteiger partial charge in [-0.05, 0) is 12.1 Å². The van der Waals surface area contributed by atoms with Crippen molar-refractivity contribution in [3.8, 4) is 0 Å². The van der Waals surface area contributed by atoms with E-state index in [0.717, 1.165) is 13.0 Å². The minimum atomic E-state index is -0.924. The topological polar surface area (TPSA) is 34.4 Å². The predicted octanol–water partition coefficient (Wildman–Crippen LogP) is -3.27. The molecule has 1 rings (SSSR count). The number of hydrogen-bond acceptors (Lipinski definition) is 2. The zero-order valence-corrected chi connectivity index (χ0v) is 10.6. The summed E-state index contributed by atoms with van der Waals surface area (Å²) in [5.41, 5.74) is 0. The standard InChI is InChI=1S/C10H16N2OS.ClH/c1-12(2)8-5-9-14(13)10-6-3-4-7-11-10;/h3-4,6-7H,5,8-9H2,1-2H3;1H. The fraction of sp³-hybridized carbons (Fsp3) is 0.500. The van der Waals surface area contributed by atoms with Gasteiger partial charge in [-0.25, -0.2) is 4.98 Å². The molecule has 15 heavy (non-hydrogen) atoms. The van der Waals surface area contributed by atoms with Gasteiger partial charge in [0.25, 0.3) is 0 Å². The Morgan fingerprint density at radius 1 is 1.40 bits per heavy atom. The van der Waals surface area contributed by atoms with Crippen molar-refractivity contribution in [1.82, 2.24) is 4.98 Å². The van der Waals surface area contributed by atoms with Gasteiger partial charge in [0.2, 0.25) is 0 Å². The molecule has 0 aliphatic carbocycles. The number of halogens is 1. The number of hydrogen-bond donors (Lipinski definition) is 1. The molecule has 0 saturated carbocycles. The first-order chi connectivity index (χ1) is 6.70. The molecule has 86 valence electrons. The molecular weight excluding hydrogens is 232 g/mol. The van der Waals surface area contributed by atoms with E-state index in [1.54, 1.807) is 6.20 Å². The lowest BCUT2D eigenvalue weighted by Crippen LogP contribution is -3.05. The lowest BCUT2D eigenvalue weighted by Gasteiger charge is -2.06. The highest BCUT2D eigenvalue weighted by Gasteiger charge is 2.04. The third-order valence-corrected chi connectivity index (χ3v) is 3.25. The van der Waals surface area contributed by atoms with Crippen LogP contribution in [0.4, 0.5) is 0 Å². The molecule has 1 atom stereocenters. The molecular formula is C10H17ClN2OS. The SMILES string of the molecule is C[NH+](C)CCCS(=O)c1ccccn1.[Cl-]. The van der Waals surface area contributed by atoms with E-state index in [1.165, 1.54) is 4.90 Å². The fourth-order valence-electron chi connectivity index (χ4n) is 1.14. The number of pyridine rings is 1. The van der Waals surface area contributed by atoms with Crippen LogP contribution >= 0.6 is 0 Å². The van der Waals surface area contributed by atoms with Gasteiger partial charge in [-0.15, -0.1) is 0 Å². The van der Waals surface area contributed by atoms with Crippen molar-refractivity contribution >= 4 is 10.8 Å². The smallest absolute Gasteiger partial charge is 0.127 e. The van der Waals surface area contributed by atoms with Crippen molar-refractivity contribution < 1.29 is 21.5 Å². The van der Waals surface area contributed by atoms with Gasteiger partial charge >= 0.3 is 0 Å². The zero-order valence-electron chi connectivity index (χ0n) is 9.07. The molecule has 0 saturated heterocycles. The Morgan fingerprint density at radius 3 is 2.67 bits per heavy atom. The highest BCUT2D eigenvalue weighted by atomic mass is 35.5. The summed E-state index contributed by atoms with van der Waals surface area (Å²) in [7, 11) is 3.28.